The number of halogens is 1. The zero-order valence-electron chi connectivity index (χ0n) is 14.4. The van der Waals surface area contributed by atoms with Crippen LogP contribution in [0.5, 0.6) is 0 Å². The van der Waals surface area contributed by atoms with Gasteiger partial charge in [0, 0.05) is 23.5 Å². The topological polar surface area (TPSA) is 50.4 Å². The summed E-state index contributed by atoms with van der Waals surface area (Å²) < 4.78 is 6.48. The van der Waals surface area contributed by atoms with E-state index in [2.05, 4.69) is 50.8 Å². The monoisotopic (exact) mass is 394 g/mol. The van der Waals surface area contributed by atoms with E-state index in [1.807, 2.05) is 0 Å². The Morgan fingerprint density at radius 3 is 2.42 bits per heavy atom. The minimum absolute atomic E-state index is 0.109. The minimum Gasteiger partial charge on any atom is -0.384 e. The van der Waals surface area contributed by atoms with E-state index in [1.54, 1.807) is 7.11 Å². The van der Waals surface area contributed by atoms with Crippen LogP contribution in [-0.2, 0) is 14.9 Å². The lowest BCUT2D eigenvalue weighted by molar-refractivity contribution is -0.136. The molecule has 0 aromatic heterocycles. The average Bonchev–Trinajstić information content (AvgIpc) is 2.56. The highest BCUT2D eigenvalue weighted by Crippen LogP contribution is 2.43. The molecule has 1 aliphatic heterocycles. The number of amides is 1. The summed E-state index contributed by atoms with van der Waals surface area (Å²) in [4.78, 5) is 13.0. The fourth-order valence-corrected chi connectivity index (χ4v) is 4.29. The van der Waals surface area contributed by atoms with Gasteiger partial charge in [0.15, 0.2) is 0 Å². The van der Waals surface area contributed by atoms with E-state index in [9.17, 15) is 4.79 Å². The number of methoxy groups -OCH3 is 1. The molecule has 1 saturated carbocycles. The molecule has 2 N–H and O–H groups in total. The number of ether oxygens (including phenoxy) is 1. The first-order chi connectivity index (χ1) is 11.6. The molecule has 1 heterocycles. The third kappa shape index (κ3) is 3.53. The van der Waals surface area contributed by atoms with Crippen LogP contribution in [0.15, 0.2) is 28.7 Å². The minimum atomic E-state index is -0.370. The van der Waals surface area contributed by atoms with Crippen molar-refractivity contribution < 1.29 is 9.53 Å². The van der Waals surface area contributed by atoms with Crippen molar-refractivity contribution in [2.24, 2.45) is 5.41 Å². The molecule has 2 aliphatic rings. The predicted octanol–water partition coefficient (Wildman–Crippen LogP) is 3.00. The Balaban J connectivity index is 1.68. The molecule has 0 bridgehead atoms. The first-order valence-corrected chi connectivity index (χ1v) is 9.64. The van der Waals surface area contributed by atoms with Crippen LogP contribution in [0.1, 0.15) is 37.7 Å². The largest absolute Gasteiger partial charge is 0.384 e. The molecule has 1 saturated heterocycles. The van der Waals surface area contributed by atoms with Crippen molar-refractivity contribution in [2.45, 2.75) is 37.5 Å². The normalized spacial score (nSPS) is 21.8. The van der Waals surface area contributed by atoms with Gasteiger partial charge in [-0.15, -0.1) is 0 Å². The molecule has 0 atom stereocenters. The van der Waals surface area contributed by atoms with Crippen molar-refractivity contribution in [3.63, 3.8) is 0 Å². The van der Waals surface area contributed by atoms with Crippen LogP contribution in [0, 0.1) is 5.41 Å². The third-order valence-electron chi connectivity index (χ3n) is 5.82. The second-order valence-corrected chi connectivity index (χ2v) is 8.20. The second-order valence-electron chi connectivity index (χ2n) is 7.29. The van der Waals surface area contributed by atoms with Crippen molar-refractivity contribution in [1.82, 2.24) is 10.6 Å². The number of hydrogen-bond acceptors (Lipinski definition) is 3. The van der Waals surface area contributed by atoms with Crippen LogP contribution in [0.3, 0.4) is 0 Å². The highest BCUT2D eigenvalue weighted by molar-refractivity contribution is 9.10. The highest BCUT2D eigenvalue weighted by atomic mass is 79.9. The zero-order valence-corrected chi connectivity index (χ0v) is 16.0. The maximum Gasteiger partial charge on any atom is 0.228 e. The first-order valence-electron chi connectivity index (χ1n) is 8.84. The molecule has 0 spiro atoms. The van der Waals surface area contributed by atoms with E-state index in [-0.39, 0.29) is 16.7 Å². The van der Waals surface area contributed by atoms with E-state index in [0.29, 0.717) is 6.61 Å². The van der Waals surface area contributed by atoms with Gasteiger partial charge < -0.3 is 15.4 Å². The Bertz CT molecular complexity index is 558. The molecule has 4 nitrogen and oxygen atoms in total. The lowest BCUT2D eigenvalue weighted by atomic mass is 9.64. The lowest BCUT2D eigenvalue weighted by Gasteiger charge is -2.44. The van der Waals surface area contributed by atoms with Crippen LogP contribution < -0.4 is 10.6 Å². The Hall–Kier alpha value is -0.910. The van der Waals surface area contributed by atoms with Gasteiger partial charge in [-0.2, -0.15) is 0 Å². The Kier molecular flexibility index (Phi) is 5.63. The first kappa shape index (κ1) is 17.9. The van der Waals surface area contributed by atoms with Crippen molar-refractivity contribution in [1.29, 1.82) is 0 Å². The Morgan fingerprint density at radius 2 is 1.88 bits per heavy atom. The summed E-state index contributed by atoms with van der Waals surface area (Å²) >= 11 is 3.50. The van der Waals surface area contributed by atoms with Crippen LogP contribution in [-0.4, -0.2) is 39.3 Å². The van der Waals surface area contributed by atoms with E-state index in [0.717, 1.165) is 49.8 Å². The van der Waals surface area contributed by atoms with E-state index >= 15 is 0 Å². The van der Waals surface area contributed by atoms with Crippen LogP contribution in [0.4, 0.5) is 0 Å². The maximum absolute atomic E-state index is 13.0. The van der Waals surface area contributed by atoms with E-state index in [1.165, 1.54) is 12.0 Å². The Morgan fingerprint density at radius 1 is 1.21 bits per heavy atom. The van der Waals surface area contributed by atoms with Crippen LogP contribution >= 0.6 is 15.9 Å². The highest BCUT2D eigenvalue weighted by Gasteiger charge is 2.43. The van der Waals surface area contributed by atoms with Gasteiger partial charge in [0.1, 0.15) is 0 Å². The standard InChI is InChI=1S/C19H27BrN2O2/c1-24-14-19(9-11-21-12-10-19)17(23)22-13-18(7-2-8-18)15-3-5-16(20)6-4-15/h3-6,21H,2,7-14H2,1H3,(H,22,23). The number of rotatable bonds is 6. The molecule has 1 amide bonds. The quantitative estimate of drug-likeness (QED) is 0.779. The van der Waals surface area contributed by atoms with Gasteiger partial charge in [0.25, 0.3) is 0 Å². The molecule has 1 aromatic carbocycles. The van der Waals surface area contributed by atoms with Crippen molar-refractivity contribution in [3.8, 4) is 0 Å². The molecular formula is C19H27BrN2O2. The van der Waals surface area contributed by atoms with Crippen LogP contribution in [0.25, 0.3) is 0 Å². The molecule has 0 unspecified atom stereocenters. The van der Waals surface area contributed by atoms with Gasteiger partial charge in [0.05, 0.1) is 12.0 Å². The number of nitrogens with one attached hydrogen (secondary N) is 2. The Labute approximate surface area is 152 Å². The average molecular weight is 395 g/mol. The molecule has 5 heteroatoms. The van der Waals surface area contributed by atoms with Gasteiger partial charge in [-0.05, 0) is 56.5 Å². The van der Waals surface area contributed by atoms with Crippen molar-refractivity contribution in [2.75, 3.05) is 33.4 Å². The summed E-state index contributed by atoms with van der Waals surface area (Å²) in [6.07, 6.45) is 5.22. The van der Waals surface area contributed by atoms with Gasteiger partial charge >= 0.3 is 0 Å². The summed E-state index contributed by atoms with van der Waals surface area (Å²) in [5.74, 6) is 0.161. The molecule has 24 heavy (non-hydrogen) atoms. The van der Waals surface area contributed by atoms with Crippen molar-refractivity contribution in [3.05, 3.63) is 34.3 Å². The molecule has 3 rings (SSSR count). The fourth-order valence-electron chi connectivity index (χ4n) is 4.03. The predicted molar refractivity (Wildman–Crippen MR) is 99.1 cm³/mol. The number of benzene rings is 1. The summed E-state index contributed by atoms with van der Waals surface area (Å²) in [6.45, 7) is 3.00. The molecule has 1 aliphatic carbocycles. The summed E-state index contributed by atoms with van der Waals surface area (Å²) in [5, 5.41) is 6.61. The summed E-state index contributed by atoms with van der Waals surface area (Å²) in [6, 6.07) is 8.56. The smallest absolute Gasteiger partial charge is 0.228 e. The van der Waals surface area contributed by atoms with Gasteiger partial charge in [0.2, 0.25) is 5.91 Å². The SMILES string of the molecule is COCC1(C(=O)NCC2(c3ccc(Br)cc3)CCC2)CCNCC1. The molecule has 132 valence electrons. The molecule has 1 aromatic rings. The molecule has 2 fully saturated rings. The lowest BCUT2D eigenvalue weighted by Crippen LogP contribution is -2.53. The number of carbonyl (C=O) groups excluding carboxylic acids is 1. The van der Waals surface area contributed by atoms with E-state index in [4.69, 9.17) is 4.74 Å². The van der Waals surface area contributed by atoms with Crippen LogP contribution in [0.2, 0.25) is 0 Å². The second kappa shape index (κ2) is 7.54. The van der Waals surface area contributed by atoms with Gasteiger partial charge in [-0.25, -0.2) is 0 Å². The zero-order chi connectivity index (χ0) is 17.0. The molecular weight excluding hydrogens is 368 g/mol. The maximum atomic E-state index is 13.0. The number of hydrogen-bond donors (Lipinski definition) is 2. The van der Waals surface area contributed by atoms with Crippen molar-refractivity contribution >= 4 is 21.8 Å². The fraction of sp³-hybridized carbons (Fsp3) is 0.632. The summed E-state index contributed by atoms with van der Waals surface area (Å²) in [5.41, 5.74) is 1.07. The van der Waals surface area contributed by atoms with Gasteiger partial charge in [-0.3, -0.25) is 4.79 Å². The summed E-state index contributed by atoms with van der Waals surface area (Å²) in [7, 11) is 1.69. The third-order valence-corrected chi connectivity index (χ3v) is 6.35. The van der Waals surface area contributed by atoms with E-state index < -0.39 is 0 Å². The van der Waals surface area contributed by atoms with Gasteiger partial charge in [-0.1, -0.05) is 34.5 Å². The number of carbonyl (C=O) groups is 1. The number of piperidine rings is 1. The molecule has 0 radical (unpaired) electrons.